The van der Waals surface area contributed by atoms with Crippen LogP contribution >= 0.6 is 15.9 Å². The van der Waals surface area contributed by atoms with Crippen molar-refractivity contribution in [2.75, 3.05) is 7.05 Å². The number of aromatic amines is 2. The molecule has 0 aliphatic carbocycles. The molecule has 0 aliphatic heterocycles. The average Bonchev–Trinajstić information content (AvgIpc) is 2.95. The molecule has 5 nitrogen and oxygen atoms in total. The van der Waals surface area contributed by atoms with Crippen LogP contribution in [0.25, 0.3) is 11.0 Å². The van der Waals surface area contributed by atoms with Gasteiger partial charge in [-0.2, -0.15) is 0 Å². The SMILES string of the molecule is CNC(c1ccc2[nH]c(=O)[nH]c2c1)c1ccc(Br)o1. The Morgan fingerprint density at radius 3 is 2.68 bits per heavy atom. The van der Waals surface area contributed by atoms with Crippen molar-refractivity contribution in [3.05, 3.63) is 56.8 Å². The number of halogens is 1. The summed E-state index contributed by atoms with van der Waals surface area (Å²) in [7, 11) is 1.87. The number of hydrogen-bond donors (Lipinski definition) is 3. The number of furan rings is 1. The molecule has 2 heterocycles. The summed E-state index contributed by atoms with van der Waals surface area (Å²) in [4.78, 5) is 16.7. The van der Waals surface area contributed by atoms with Crippen LogP contribution in [0.3, 0.4) is 0 Å². The lowest BCUT2D eigenvalue weighted by atomic mass is 10.0. The van der Waals surface area contributed by atoms with Crippen LogP contribution in [0.4, 0.5) is 0 Å². The Bertz CT molecular complexity index is 771. The molecule has 0 saturated carbocycles. The molecule has 3 N–H and O–H groups in total. The Morgan fingerprint density at radius 1 is 1.21 bits per heavy atom. The minimum Gasteiger partial charge on any atom is -0.452 e. The van der Waals surface area contributed by atoms with E-state index in [-0.39, 0.29) is 11.7 Å². The Hall–Kier alpha value is -1.79. The number of benzene rings is 1. The zero-order chi connectivity index (χ0) is 13.4. The highest BCUT2D eigenvalue weighted by Gasteiger charge is 2.16. The first-order valence-corrected chi connectivity index (χ1v) is 6.61. The van der Waals surface area contributed by atoms with Gasteiger partial charge in [0.05, 0.1) is 17.1 Å². The van der Waals surface area contributed by atoms with Gasteiger partial charge in [0.1, 0.15) is 5.76 Å². The van der Waals surface area contributed by atoms with E-state index in [4.69, 9.17) is 4.42 Å². The third-order valence-corrected chi connectivity index (χ3v) is 3.47. The Labute approximate surface area is 117 Å². The number of nitrogens with one attached hydrogen (secondary N) is 3. The summed E-state index contributed by atoms with van der Waals surface area (Å²) in [6.45, 7) is 0. The molecule has 0 spiro atoms. The maximum atomic E-state index is 11.3. The van der Waals surface area contributed by atoms with Gasteiger partial charge in [0.2, 0.25) is 0 Å². The third kappa shape index (κ3) is 2.24. The van der Waals surface area contributed by atoms with Crippen molar-refractivity contribution >= 4 is 27.0 Å². The van der Waals surface area contributed by atoms with E-state index in [2.05, 4.69) is 31.2 Å². The predicted molar refractivity (Wildman–Crippen MR) is 76.2 cm³/mol. The standard InChI is InChI=1S/C13H12BrN3O2/c1-15-12(10-4-5-11(14)19-10)7-2-3-8-9(6-7)17-13(18)16-8/h2-6,12,15H,1H3,(H2,16,17,18). The molecule has 3 aromatic rings. The first-order chi connectivity index (χ1) is 9.17. The summed E-state index contributed by atoms with van der Waals surface area (Å²) in [5, 5.41) is 3.20. The fourth-order valence-electron chi connectivity index (χ4n) is 2.19. The van der Waals surface area contributed by atoms with Crippen LogP contribution in [0, 0.1) is 0 Å². The molecule has 0 radical (unpaired) electrons. The summed E-state index contributed by atoms with van der Waals surface area (Å²) in [5.41, 5.74) is 2.40. The summed E-state index contributed by atoms with van der Waals surface area (Å²) in [6, 6.07) is 9.49. The van der Waals surface area contributed by atoms with Crippen molar-refractivity contribution in [1.82, 2.24) is 15.3 Å². The fraction of sp³-hybridized carbons (Fsp3) is 0.154. The number of imidazole rings is 1. The van der Waals surface area contributed by atoms with Crippen molar-refractivity contribution in [3.8, 4) is 0 Å². The van der Waals surface area contributed by atoms with Gasteiger partial charge in [0.15, 0.2) is 4.67 Å². The van der Waals surface area contributed by atoms with E-state index in [1.807, 2.05) is 37.4 Å². The van der Waals surface area contributed by atoms with Gasteiger partial charge in [-0.25, -0.2) is 4.79 Å². The van der Waals surface area contributed by atoms with E-state index < -0.39 is 0 Å². The molecule has 0 aliphatic rings. The third-order valence-electron chi connectivity index (χ3n) is 3.04. The maximum Gasteiger partial charge on any atom is 0.323 e. The molecule has 98 valence electrons. The van der Waals surface area contributed by atoms with Gasteiger partial charge in [-0.1, -0.05) is 6.07 Å². The van der Waals surface area contributed by atoms with Crippen molar-refractivity contribution in [3.63, 3.8) is 0 Å². The highest BCUT2D eigenvalue weighted by molar-refractivity contribution is 9.10. The molecule has 1 aromatic carbocycles. The van der Waals surface area contributed by atoms with Crippen molar-refractivity contribution in [2.24, 2.45) is 0 Å². The number of fused-ring (bicyclic) bond motifs is 1. The number of rotatable bonds is 3. The van der Waals surface area contributed by atoms with Gasteiger partial charge in [-0.3, -0.25) is 0 Å². The number of hydrogen-bond acceptors (Lipinski definition) is 3. The largest absolute Gasteiger partial charge is 0.452 e. The van der Waals surface area contributed by atoms with Crippen LogP contribution in [0.1, 0.15) is 17.4 Å². The second-order valence-corrected chi connectivity index (χ2v) is 5.03. The fourth-order valence-corrected chi connectivity index (χ4v) is 2.51. The first-order valence-electron chi connectivity index (χ1n) is 5.82. The molecule has 1 atom stereocenters. The Balaban J connectivity index is 2.07. The highest BCUT2D eigenvalue weighted by Crippen LogP contribution is 2.27. The lowest BCUT2D eigenvalue weighted by molar-refractivity contribution is 0.447. The van der Waals surface area contributed by atoms with E-state index in [0.29, 0.717) is 4.67 Å². The van der Waals surface area contributed by atoms with Crippen LogP contribution in [0.2, 0.25) is 0 Å². The van der Waals surface area contributed by atoms with E-state index in [1.165, 1.54) is 0 Å². The van der Waals surface area contributed by atoms with Gasteiger partial charge in [-0.05, 0) is 52.8 Å². The molecule has 1 unspecified atom stereocenters. The van der Waals surface area contributed by atoms with Gasteiger partial charge in [0.25, 0.3) is 0 Å². The molecule has 0 saturated heterocycles. The van der Waals surface area contributed by atoms with E-state index in [1.54, 1.807) is 0 Å². The van der Waals surface area contributed by atoms with E-state index in [9.17, 15) is 4.79 Å². The van der Waals surface area contributed by atoms with Crippen LogP contribution in [-0.4, -0.2) is 17.0 Å². The molecule has 0 fully saturated rings. The average molecular weight is 322 g/mol. The topological polar surface area (TPSA) is 73.8 Å². The van der Waals surface area contributed by atoms with E-state index >= 15 is 0 Å². The summed E-state index contributed by atoms with van der Waals surface area (Å²) < 4.78 is 6.28. The van der Waals surface area contributed by atoms with E-state index in [0.717, 1.165) is 22.4 Å². The zero-order valence-electron chi connectivity index (χ0n) is 10.2. The molecular weight excluding hydrogens is 310 g/mol. The van der Waals surface area contributed by atoms with Crippen molar-refractivity contribution in [1.29, 1.82) is 0 Å². The number of aromatic nitrogens is 2. The molecule has 3 rings (SSSR count). The molecule has 0 amide bonds. The smallest absolute Gasteiger partial charge is 0.323 e. The van der Waals surface area contributed by atoms with Crippen LogP contribution in [0.15, 0.2) is 44.2 Å². The molecular formula is C13H12BrN3O2. The van der Waals surface area contributed by atoms with Crippen LogP contribution < -0.4 is 11.0 Å². The molecule has 2 aromatic heterocycles. The van der Waals surface area contributed by atoms with Crippen LogP contribution in [-0.2, 0) is 0 Å². The first kappa shape index (κ1) is 12.3. The van der Waals surface area contributed by atoms with Crippen molar-refractivity contribution < 1.29 is 4.42 Å². The second kappa shape index (κ2) is 4.71. The molecule has 19 heavy (non-hydrogen) atoms. The lowest BCUT2D eigenvalue weighted by Gasteiger charge is -2.14. The van der Waals surface area contributed by atoms with Gasteiger partial charge in [0, 0.05) is 0 Å². The van der Waals surface area contributed by atoms with Crippen molar-refractivity contribution in [2.45, 2.75) is 6.04 Å². The van der Waals surface area contributed by atoms with Gasteiger partial charge >= 0.3 is 5.69 Å². The van der Waals surface area contributed by atoms with Gasteiger partial charge in [-0.15, -0.1) is 0 Å². The monoisotopic (exact) mass is 321 g/mol. The lowest BCUT2D eigenvalue weighted by Crippen LogP contribution is -2.16. The highest BCUT2D eigenvalue weighted by atomic mass is 79.9. The minimum atomic E-state index is -0.200. The predicted octanol–water partition coefficient (Wildman–Crippen LogP) is 2.52. The minimum absolute atomic E-state index is 0.0610. The molecule has 0 bridgehead atoms. The summed E-state index contributed by atoms with van der Waals surface area (Å²) in [6.07, 6.45) is 0. The second-order valence-electron chi connectivity index (χ2n) is 4.25. The maximum absolute atomic E-state index is 11.3. The van der Waals surface area contributed by atoms with Crippen LogP contribution in [0.5, 0.6) is 0 Å². The normalized spacial score (nSPS) is 12.9. The zero-order valence-corrected chi connectivity index (χ0v) is 11.7. The quantitative estimate of drug-likeness (QED) is 0.694. The van der Waals surface area contributed by atoms with Gasteiger partial charge < -0.3 is 19.7 Å². The summed E-state index contributed by atoms with van der Waals surface area (Å²) >= 11 is 3.30. The molecule has 6 heteroatoms. The number of H-pyrrole nitrogens is 2. The summed E-state index contributed by atoms with van der Waals surface area (Å²) in [5.74, 6) is 0.812. The Morgan fingerprint density at radius 2 is 2.00 bits per heavy atom. The Kier molecular flexibility index (Phi) is 3.04.